The van der Waals surface area contributed by atoms with Gasteiger partial charge in [0.1, 0.15) is 0 Å². The van der Waals surface area contributed by atoms with Crippen molar-refractivity contribution in [3.05, 3.63) is 111 Å². The minimum absolute atomic E-state index is 0.00993. The maximum atomic E-state index is 14.4. The van der Waals surface area contributed by atoms with Gasteiger partial charge in [0, 0.05) is 5.41 Å². The summed E-state index contributed by atoms with van der Waals surface area (Å²) in [6, 6.07) is 13.3. The molecule has 2 aromatic carbocycles. The van der Waals surface area contributed by atoms with E-state index in [1.54, 1.807) is 0 Å². The minimum atomic E-state index is -0.768. The van der Waals surface area contributed by atoms with Gasteiger partial charge in [0.15, 0.2) is 11.6 Å². The molecule has 220 valence electrons. The highest BCUT2D eigenvalue weighted by Gasteiger charge is 2.67. The third kappa shape index (κ3) is 3.90. The summed E-state index contributed by atoms with van der Waals surface area (Å²) in [6.45, 7) is 30.8. The SMILES string of the molecule is C=C(Cc1ccc(C)cc1)Cc1ccc2c(c1C)C(=C)C1=C(C)[C@@]3(C)C(=O)C(C(C)=O)=C(C)C[C@@]3(C)[C@H](C)[C@@]1(C)[C@@H]2C. The number of rotatable bonds is 5. The molecule has 0 bridgehead atoms. The summed E-state index contributed by atoms with van der Waals surface area (Å²) in [7, 11) is 0. The Bertz CT molecular complexity index is 1630. The second-order valence-electron chi connectivity index (χ2n) is 14.4. The van der Waals surface area contributed by atoms with Crippen LogP contribution in [0.2, 0.25) is 0 Å². The molecule has 5 rings (SSSR count). The maximum Gasteiger partial charge on any atom is 0.176 e. The predicted octanol–water partition coefficient (Wildman–Crippen LogP) is 9.64. The first kappa shape index (κ1) is 30.2. The van der Waals surface area contributed by atoms with Gasteiger partial charge in [-0.1, -0.05) is 99.5 Å². The van der Waals surface area contributed by atoms with Crippen molar-refractivity contribution in [2.24, 2.45) is 22.2 Å². The molecular weight excluding hydrogens is 512 g/mol. The summed E-state index contributed by atoms with van der Waals surface area (Å²) in [6.07, 6.45) is 2.43. The number of Topliss-reactive ketones (excluding diaryl/α,β-unsaturated/α-hetero) is 2. The van der Waals surface area contributed by atoms with Gasteiger partial charge < -0.3 is 0 Å². The number of fused-ring (bicyclic) bond motifs is 3. The van der Waals surface area contributed by atoms with Crippen LogP contribution in [0, 0.1) is 36.0 Å². The molecule has 0 radical (unpaired) electrons. The molecule has 0 fully saturated rings. The lowest BCUT2D eigenvalue weighted by molar-refractivity contribution is -0.139. The van der Waals surface area contributed by atoms with E-state index >= 15 is 0 Å². The first-order valence-electron chi connectivity index (χ1n) is 15.5. The predicted molar refractivity (Wildman–Crippen MR) is 176 cm³/mol. The lowest BCUT2D eigenvalue weighted by Gasteiger charge is -2.65. The number of hydrogen-bond acceptors (Lipinski definition) is 2. The van der Waals surface area contributed by atoms with Gasteiger partial charge in [-0.15, -0.1) is 0 Å². The Kier molecular flexibility index (Phi) is 7.12. The number of hydrogen-bond donors (Lipinski definition) is 0. The van der Waals surface area contributed by atoms with Crippen molar-refractivity contribution in [2.45, 2.75) is 94.4 Å². The zero-order valence-corrected chi connectivity index (χ0v) is 27.5. The van der Waals surface area contributed by atoms with Crippen molar-refractivity contribution < 1.29 is 9.59 Å². The fourth-order valence-electron chi connectivity index (χ4n) is 9.34. The number of benzene rings is 2. The first-order valence-corrected chi connectivity index (χ1v) is 15.5. The summed E-state index contributed by atoms with van der Waals surface area (Å²) < 4.78 is 0. The molecule has 0 aliphatic heterocycles. The third-order valence-electron chi connectivity index (χ3n) is 12.3. The zero-order chi connectivity index (χ0) is 31.1. The molecule has 5 atom stereocenters. The largest absolute Gasteiger partial charge is 0.294 e. The Hall–Kier alpha value is -3.26. The molecule has 3 aliphatic carbocycles. The second-order valence-corrected chi connectivity index (χ2v) is 14.4. The van der Waals surface area contributed by atoms with Crippen LogP contribution in [0.15, 0.2) is 77.4 Å². The smallest absolute Gasteiger partial charge is 0.176 e. The Morgan fingerprint density at radius 2 is 1.57 bits per heavy atom. The highest BCUT2D eigenvalue weighted by atomic mass is 16.1. The van der Waals surface area contributed by atoms with Gasteiger partial charge in [0.25, 0.3) is 0 Å². The average Bonchev–Trinajstić information content (AvgIpc) is 2.91. The summed E-state index contributed by atoms with van der Waals surface area (Å²) in [5.74, 6) is 0.308. The van der Waals surface area contributed by atoms with Crippen LogP contribution in [0.1, 0.15) is 101 Å². The van der Waals surface area contributed by atoms with E-state index in [1.807, 2.05) is 6.92 Å². The number of carbonyl (C=O) groups excluding carboxylic acids is 2. The van der Waals surface area contributed by atoms with E-state index < -0.39 is 5.41 Å². The summed E-state index contributed by atoms with van der Waals surface area (Å²) >= 11 is 0. The van der Waals surface area contributed by atoms with Gasteiger partial charge in [-0.2, -0.15) is 0 Å². The molecule has 0 spiro atoms. The van der Waals surface area contributed by atoms with E-state index in [1.165, 1.54) is 51.5 Å². The van der Waals surface area contributed by atoms with Crippen LogP contribution in [0.25, 0.3) is 5.57 Å². The molecule has 2 nitrogen and oxygen atoms in total. The molecule has 0 unspecified atom stereocenters. The van der Waals surface area contributed by atoms with Crippen molar-refractivity contribution >= 4 is 17.1 Å². The van der Waals surface area contributed by atoms with Crippen molar-refractivity contribution in [2.75, 3.05) is 0 Å². The van der Waals surface area contributed by atoms with Gasteiger partial charge >= 0.3 is 0 Å². The Morgan fingerprint density at radius 3 is 2.17 bits per heavy atom. The summed E-state index contributed by atoms with van der Waals surface area (Å²) in [5, 5.41) is 0. The summed E-state index contributed by atoms with van der Waals surface area (Å²) in [4.78, 5) is 27.1. The van der Waals surface area contributed by atoms with Crippen molar-refractivity contribution in [1.82, 2.24) is 0 Å². The Morgan fingerprint density at radius 1 is 0.952 bits per heavy atom. The lowest BCUT2D eigenvalue weighted by Crippen LogP contribution is -2.61. The van der Waals surface area contributed by atoms with E-state index in [2.05, 4.69) is 98.4 Å². The van der Waals surface area contributed by atoms with E-state index in [0.29, 0.717) is 5.57 Å². The van der Waals surface area contributed by atoms with Gasteiger partial charge in [0.2, 0.25) is 0 Å². The molecule has 0 saturated heterocycles. The molecule has 0 aromatic heterocycles. The molecule has 3 aliphatic rings. The van der Waals surface area contributed by atoms with Crippen molar-refractivity contribution in [3.8, 4) is 0 Å². The fraction of sp³-hybridized carbons (Fsp3) is 0.450. The second kappa shape index (κ2) is 9.90. The van der Waals surface area contributed by atoms with E-state index in [-0.39, 0.29) is 34.2 Å². The van der Waals surface area contributed by atoms with Crippen molar-refractivity contribution in [3.63, 3.8) is 0 Å². The van der Waals surface area contributed by atoms with Gasteiger partial charge in [-0.25, -0.2) is 0 Å². The number of allylic oxidation sites excluding steroid dienone is 6. The van der Waals surface area contributed by atoms with Gasteiger partial charge in [0.05, 0.1) is 11.0 Å². The third-order valence-corrected chi connectivity index (χ3v) is 12.3. The molecule has 0 N–H and O–H groups in total. The van der Waals surface area contributed by atoms with Crippen LogP contribution in [0.4, 0.5) is 0 Å². The molecular formula is C40H48O2. The number of carbonyl (C=O) groups is 2. The fourth-order valence-corrected chi connectivity index (χ4v) is 9.34. The quantitative estimate of drug-likeness (QED) is 0.269. The lowest BCUT2D eigenvalue weighted by atomic mass is 9.37. The van der Waals surface area contributed by atoms with E-state index in [0.717, 1.165) is 36.0 Å². The molecule has 0 saturated carbocycles. The first-order chi connectivity index (χ1) is 19.5. The highest BCUT2D eigenvalue weighted by Crippen LogP contribution is 2.72. The van der Waals surface area contributed by atoms with E-state index in [9.17, 15) is 9.59 Å². The number of aryl methyl sites for hydroxylation is 1. The van der Waals surface area contributed by atoms with Gasteiger partial charge in [-0.3, -0.25) is 9.59 Å². The van der Waals surface area contributed by atoms with Crippen LogP contribution in [-0.2, 0) is 22.4 Å². The van der Waals surface area contributed by atoms with Crippen LogP contribution >= 0.6 is 0 Å². The Labute approximate surface area is 253 Å². The minimum Gasteiger partial charge on any atom is -0.294 e. The monoisotopic (exact) mass is 560 g/mol. The van der Waals surface area contributed by atoms with Crippen LogP contribution < -0.4 is 0 Å². The summed E-state index contributed by atoms with van der Waals surface area (Å²) in [5.41, 5.74) is 12.3. The molecule has 0 amide bonds. The van der Waals surface area contributed by atoms with Gasteiger partial charge in [-0.05, 0) is 117 Å². The molecule has 2 aromatic rings. The Balaban J connectivity index is 1.63. The number of ketones is 2. The van der Waals surface area contributed by atoms with Crippen LogP contribution in [0.5, 0.6) is 0 Å². The zero-order valence-electron chi connectivity index (χ0n) is 27.5. The van der Waals surface area contributed by atoms with Crippen LogP contribution in [0.3, 0.4) is 0 Å². The standard InChI is InChI=1S/C40H48O2/c1-22-13-15-31(16-14-22)19-23(2)20-32-17-18-33-27(6)39(11)30(9)38(10)21-24(3)34(29(8)41)37(42)40(38,12)28(7)36(39)26(5)35(33)25(32)4/h13-18,27,30H,2,5,19-21H2,1,3-4,6-12H3/t27-,30+,38+,39-,40+/m1/s1. The molecule has 2 heteroatoms. The maximum absolute atomic E-state index is 14.4. The normalized spacial score (nSPS) is 30.6. The average molecular weight is 561 g/mol. The van der Waals surface area contributed by atoms with Crippen molar-refractivity contribution in [1.29, 1.82) is 0 Å². The highest BCUT2D eigenvalue weighted by molar-refractivity contribution is 6.23. The molecule has 42 heavy (non-hydrogen) atoms. The topological polar surface area (TPSA) is 34.1 Å². The van der Waals surface area contributed by atoms with E-state index in [4.69, 9.17) is 6.58 Å². The van der Waals surface area contributed by atoms with Crippen LogP contribution in [-0.4, -0.2) is 11.6 Å². The molecule has 0 heterocycles.